The van der Waals surface area contributed by atoms with Gasteiger partial charge in [0.05, 0.1) is 8.07 Å². The summed E-state index contributed by atoms with van der Waals surface area (Å²) < 4.78 is 0. The van der Waals surface area contributed by atoms with Crippen LogP contribution in [0.4, 0.5) is 0 Å². The van der Waals surface area contributed by atoms with Gasteiger partial charge in [-0.1, -0.05) is 82.4 Å². The summed E-state index contributed by atoms with van der Waals surface area (Å²) in [7, 11) is -1.30. The lowest BCUT2D eigenvalue weighted by atomic mass is 9.88. The van der Waals surface area contributed by atoms with Crippen LogP contribution in [0.2, 0.25) is 16.6 Å². The number of rotatable bonds is 4. The fourth-order valence-electron chi connectivity index (χ4n) is 4.91. The van der Waals surface area contributed by atoms with Crippen LogP contribution in [0.25, 0.3) is 0 Å². The van der Waals surface area contributed by atoms with Crippen molar-refractivity contribution in [1.82, 2.24) is 0 Å². The molecule has 1 atom stereocenters. The normalized spacial score (nSPS) is 19.3. The topological polar surface area (TPSA) is 0 Å². The molecule has 0 bridgehead atoms. The maximum atomic E-state index is 2.48. The van der Waals surface area contributed by atoms with Gasteiger partial charge in [0.1, 0.15) is 0 Å². The maximum absolute atomic E-state index is 2.48. The van der Waals surface area contributed by atoms with E-state index in [2.05, 4.69) is 65.8 Å². The van der Waals surface area contributed by atoms with Crippen LogP contribution in [-0.4, -0.2) is 8.07 Å². The number of fused-ring (bicyclic) bond motifs is 1. The van der Waals surface area contributed by atoms with Gasteiger partial charge in [0.2, 0.25) is 0 Å². The molecule has 0 aliphatic heterocycles. The number of hydrogen-bond donors (Lipinski definition) is 0. The summed E-state index contributed by atoms with van der Waals surface area (Å²) in [4.78, 5) is 0. The lowest BCUT2D eigenvalue weighted by Crippen LogP contribution is -2.54. The Morgan fingerprint density at radius 3 is 1.83 bits per heavy atom. The van der Waals surface area contributed by atoms with Crippen LogP contribution in [0.5, 0.6) is 0 Å². The minimum atomic E-state index is -1.30. The van der Waals surface area contributed by atoms with Gasteiger partial charge in [0.15, 0.2) is 0 Å². The lowest BCUT2D eigenvalue weighted by molar-refractivity contribution is 0.671. The molecular formula is C17H28Si. The molecule has 0 saturated carbocycles. The van der Waals surface area contributed by atoms with Gasteiger partial charge in [-0.2, -0.15) is 0 Å². The molecule has 1 unspecified atom stereocenters. The lowest BCUT2D eigenvalue weighted by Gasteiger charge is -2.53. The van der Waals surface area contributed by atoms with E-state index >= 15 is 0 Å². The van der Waals surface area contributed by atoms with Crippen molar-refractivity contribution >= 4 is 8.07 Å². The van der Waals surface area contributed by atoms with E-state index in [0.717, 1.165) is 22.2 Å². The Balaban J connectivity index is 2.45. The fourth-order valence-corrected chi connectivity index (χ4v) is 12.7. The molecule has 0 nitrogen and oxygen atoms in total. The highest BCUT2D eigenvalue weighted by Gasteiger charge is 2.52. The summed E-state index contributed by atoms with van der Waals surface area (Å²) in [5, 5.41) is 0. The average Bonchev–Trinajstić information content (AvgIpc) is 2.24. The zero-order chi connectivity index (χ0) is 13.5. The van der Waals surface area contributed by atoms with E-state index < -0.39 is 8.07 Å². The molecule has 0 radical (unpaired) electrons. The summed E-state index contributed by atoms with van der Waals surface area (Å²) >= 11 is 0. The van der Waals surface area contributed by atoms with Crippen LogP contribution in [-0.2, 0) is 6.42 Å². The average molecular weight is 260 g/mol. The number of benzene rings is 1. The minimum Gasteiger partial charge on any atom is -0.0651 e. The van der Waals surface area contributed by atoms with Gasteiger partial charge < -0.3 is 0 Å². The van der Waals surface area contributed by atoms with E-state index in [9.17, 15) is 0 Å². The monoisotopic (exact) mass is 260 g/mol. The van der Waals surface area contributed by atoms with Crippen LogP contribution >= 0.6 is 0 Å². The van der Waals surface area contributed by atoms with E-state index in [-0.39, 0.29) is 0 Å². The Hall–Kier alpha value is -0.563. The minimum absolute atomic E-state index is 0.871. The third kappa shape index (κ3) is 1.79. The SMILES string of the molecule is CC(C)[Si](C(C)C)(C(C)C)C1Cc2ccccc21. The zero-order valence-corrected chi connectivity index (χ0v) is 13.8. The molecule has 2 rings (SSSR count). The summed E-state index contributed by atoms with van der Waals surface area (Å²) in [5.41, 5.74) is 6.80. The van der Waals surface area contributed by atoms with E-state index in [1.807, 2.05) is 0 Å². The fraction of sp³-hybridized carbons (Fsp3) is 0.647. The molecule has 1 aromatic rings. The van der Waals surface area contributed by atoms with Crippen molar-refractivity contribution in [3.8, 4) is 0 Å². The van der Waals surface area contributed by atoms with Crippen molar-refractivity contribution in [3.05, 3.63) is 35.4 Å². The third-order valence-corrected chi connectivity index (χ3v) is 13.2. The van der Waals surface area contributed by atoms with Crippen molar-refractivity contribution in [2.45, 2.75) is 70.1 Å². The second-order valence-electron chi connectivity index (χ2n) is 6.92. The molecule has 1 aliphatic rings. The molecule has 1 aliphatic carbocycles. The first-order valence-corrected chi connectivity index (χ1v) is 9.81. The highest BCUT2D eigenvalue weighted by molar-refractivity contribution is 6.85. The molecule has 0 aromatic heterocycles. The molecule has 0 fully saturated rings. The third-order valence-electron chi connectivity index (χ3n) is 5.46. The molecule has 1 aromatic carbocycles. The van der Waals surface area contributed by atoms with Gasteiger partial charge in [-0.3, -0.25) is 0 Å². The predicted octanol–water partition coefficient (Wildman–Crippen LogP) is 5.54. The molecule has 1 heteroatoms. The van der Waals surface area contributed by atoms with E-state index in [4.69, 9.17) is 0 Å². The Labute approximate surface area is 114 Å². The summed E-state index contributed by atoms with van der Waals surface area (Å²) in [6.07, 6.45) is 1.34. The molecule has 18 heavy (non-hydrogen) atoms. The van der Waals surface area contributed by atoms with Crippen LogP contribution in [0, 0.1) is 0 Å². The van der Waals surface area contributed by atoms with Crippen molar-refractivity contribution in [2.24, 2.45) is 0 Å². The van der Waals surface area contributed by atoms with Gasteiger partial charge in [0, 0.05) is 0 Å². The highest BCUT2D eigenvalue weighted by Crippen LogP contribution is 2.55. The van der Waals surface area contributed by atoms with Crippen LogP contribution < -0.4 is 0 Å². The van der Waals surface area contributed by atoms with Gasteiger partial charge in [-0.15, -0.1) is 0 Å². The quantitative estimate of drug-likeness (QED) is 0.623. The summed E-state index contributed by atoms with van der Waals surface area (Å²) in [6, 6.07) is 9.13. The predicted molar refractivity (Wildman–Crippen MR) is 83.9 cm³/mol. The first-order valence-electron chi connectivity index (χ1n) is 7.50. The van der Waals surface area contributed by atoms with Gasteiger partial charge >= 0.3 is 0 Å². The molecule has 0 spiro atoms. The molecule has 0 amide bonds. The Morgan fingerprint density at radius 2 is 1.39 bits per heavy atom. The summed E-state index contributed by atoms with van der Waals surface area (Å²) in [6.45, 7) is 14.9. The first-order chi connectivity index (χ1) is 8.42. The smallest absolute Gasteiger partial charge is 0.0651 e. The van der Waals surface area contributed by atoms with Crippen LogP contribution in [0.1, 0.15) is 58.2 Å². The van der Waals surface area contributed by atoms with E-state index in [0.29, 0.717) is 0 Å². The Kier molecular flexibility index (Phi) is 3.73. The Morgan fingerprint density at radius 1 is 0.889 bits per heavy atom. The number of hydrogen-bond acceptors (Lipinski definition) is 0. The van der Waals surface area contributed by atoms with Gasteiger partial charge in [-0.25, -0.2) is 0 Å². The largest absolute Gasteiger partial charge is 0.0692 e. The van der Waals surface area contributed by atoms with Crippen molar-refractivity contribution in [2.75, 3.05) is 0 Å². The van der Waals surface area contributed by atoms with E-state index in [1.54, 1.807) is 11.1 Å². The van der Waals surface area contributed by atoms with Crippen molar-refractivity contribution in [1.29, 1.82) is 0 Å². The maximum Gasteiger partial charge on any atom is 0.0692 e. The molecular weight excluding hydrogens is 232 g/mol. The summed E-state index contributed by atoms with van der Waals surface area (Å²) in [5.74, 6) is 0. The zero-order valence-electron chi connectivity index (χ0n) is 12.8. The van der Waals surface area contributed by atoms with Gasteiger partial charge in [0.25, 0.3) is 0 Å². The molecule has 0 N–H and O–H groups in total. The standard InChI is InChI=1S/C17H28Si/c1-12(2)18(13(3)4,14(5)6)17-11-15-9-7-8-10-16(15)17/h7-10,12-14,17H,11H2,1-6H3. The second-order valence-corrected chi connectivity index (χ2v) is 13.1. The first kappa shape index (κ1) is 13.9. The van der Waals surface area contributed by atoms with Crippen LogP contribution in [0.15, 0.2) is 24.3 Å². The van der Waals surface area contributed by atoms with Gasteiger partial charge in [-0.05, 0) is 23.1 Å². The molecule has 100 valence electrons. The van der Waals surface area contributed by atoms with E-state index in [1.165, 1.54) is 6.42 Å². The molecule has 0 saturated heterocycles. The molecule has 0 heterocycles. The highest BCUT2D eigenvalue weighted by atomic mass is 28.3. The van der Waals surface area contributed by atoms with Crippen molar-refractivity contribution in [3.63, 3.8) is 0 Å². The Bertz CT molecular complexity index is 396. The second kappa shape index (κ2) is 4.84. The van der Waals surface area contributed by atoms with Crippen LogP contribution in [0.3, 0.4) is 0 Å². The van der Waals surface area contributed by atoms with Crippen molar-refractivity contribution < 1.29 is 0 Å².